The quantitative estimate of drug-likeness (QED) is 0.349. The summed E-state index contributed by atoms with van der Waals surface area (Å²) in [6, 6.07) is 3.49. The van der Waals surface area contributed by atoms with E-state index < -0.39 is 0 Å². The maximum Gasteiger partial charge on any atom is 0.213 e. The number of guanidine groups is 1. The van der Waals surface area contributed by atoms with E-state index in [4.69, 9.17) is 22.1 Å². The van der Waals surface area contributed by atoms with Gasteiger partial charge in [-0.15, -0.1) is 24.0 Å². The zero-order valence-electron chi connectivity index (χ0n) is 12.0. The van der Waals surface area contributed by atoms with Gasteiger partial charge in [-0.05, 0) is 18.9 Å². The van der Waals surface area contributed by atoms with Gasteiger partial charge in [0.2, 0.25) is 5.88 Å². The fraction of sp³-hybridized carbons (Fsp3) is 0.571. The summed E-state index contributed by atoms with van der Waals surface area (Å²) in [5.74, 6) is 1.18. The average molecular weight is 425 g/mol. The molecule has 1 saturated heterocycles. The van der Waals surface area contributed by atoms with Crippen LogP contribution in [0.15, 0.2) is 23.3 Å². The molecule has 21 heavy (non-hydrogen) atoms. The van der Waals surface area contributed by atoms with E-state index in [-0.39, 0.29) is 24.0 Å². The lowest BCUT2D eigenvalue weighted by atomic mass is 10.2. The zero-order chi connectivity index (χ0) is 14.2. The number of aliphatic imine (C=N–C) groups is 1. The minimum Gasteiger partial charge on any atom is -0.476 e. The second-order valence-electron chi connectivity index (χ2n) is 4.80. The molecule has 1 aromatic heterocycles. The van der Waals surface area contributed by atoms with Crippen LogP contribution < -0.4 is 10.5 Å². The summed E-state index contributed by atoms with van der Waals surface area (Å²) in [5.41, 5.74) is 6.00. The number of pyridine rings is 1. The number of hydrogen-bond donors (Lipinski definition) is 1. The first kappa shape index (κ1) is 18.3. The molecule has 1 fully saturated rings. The van der Waals surface area contributed by atoms with Crippen LogP contribution in [-0.4, -0.2) is 42.1 Å². The van der Waals surface area contributed by atoms with Crippen molar-refractivity contribution in [1.82, 2.24) is 9.88 Å². The summed E-state index contributed by atoms with van der Waals surface area (Å²) in [5, 5.41) is 0.598. The standard InChI is InChI=1S/C14H21ClN4O.HI/c15-12-5-6-13(18-11-12)20-10-7-17-14(16)19-8-3-1-2-4-9-19;/h5-6,11H,1-4,7-10H2,(H2,16,17);1H. The monoisotopic (exact) mass is 424 g/mol. The SMILES string of the molecule is I.NC(=NCCOc1ccc(Cl)cn1)N1CCCCCC1. The molecule has 0 aliphatic carbocycles. The molecule has 0 saturated carbocycles. The first-order chi connectivity index (χ1) is 9.75. The summed E-state index contributed by atoms with van der Waals surface area (Å²) in [4.78, 5) is 10.6. The lowest BCUT2D eigenvalue weighted by Crippen LogP contribution is -2.38. The molecule has 0 amide bonds. The van der Waals surface area contributed by atoms with E-state index >= 15 is 0 Å². The van der Waals surface area contributed by atoms with Gasteiger partial charge >= 0.3 is 0 Å². The molecule has 2 N–H and O–H groups in total. The highest BCUT2D eigenvalue weighted by atomic mass is 127. The lowest BCUT2D eigenvalue weighted by Gasteiger charge is -2.21. The topological polar surface area (TPSA) is 63.7 Å². The Labute approximate surface area is 147 Å². The van der Waals surface area contributed by atoms with Crippen molar-refractivity contribution < 1.29 is 4.74 Å². The van der Waals surface area contributed by atoms with Crippen molar-refractivity contribution in [3.63, 3.8) is 0 Å². The molecule has 0 atom stereocenters. The first-order valence-corrected chi connectivity index (χ1v) is 7.43. The maximum absolute atomic E-state index is 6.00. The van der Waals surface area contributed by atoms with Crippen LogP contribution in [-0.2, 0) is 0 Å². The number of ether oxygens (including phenoxy) is 1. The number of rotatable bonds is 4. The molecule has 2 heterocycles. The van der Waals surface area contributed by atoms with Gasteiger partial charge in [0.15, 0.2) is 5.96 Å². The Morgan fingerprint density at radius 2 is 2.00 bits per heavy atom. The van der Waals surface area contributed by atoms with Crippen LogP contribution in [0.5, 0.6) is 5.88 Å². The van der Waals surface area contributed by atoms with Gasteiger partial charge in [-0.25, -0.2) is 9.98 Å². The minimum atomic E-state index is 0. The second-order valence-corrected chi connectivity index (χ2v) is 5.24. The molecule has 0 radical (unpaired) electrons. The Hall–Kier alpha value is -0.760. The molecule has 1 aliphatic heterocycles. The predicted octanol–water partition coefficient (Wildman–Crippen LogP) is 2.92. The van der Waals surface area contributed by atoms with Gasteiger partial charge in [0.1, 0.15) is 6.61 Å². The Kier molecular flexibility index (Phi) is 8.75. The van der Waals surface area contributed by atoms with E-state index in [0.29, 0.717) is 30.0 Å². The van der Waals surface area contributed by atoms with Gasteiger partial charge in [-0.1, -0.05) is 24.4 Å². The van der Waals surface area contributed by atoms with Gasteiger partial charge in [0, 0.05) is 25.4 Å². The van der Waals surface area contributed by atoms with E-state index in [1.54, 1.807) is 18.3 Å². The van der Waals surface area contributed by atoms with Crippen LogP contribution in [0.4, 0.5) is 0 Å². The maximum atomic E-state index is 6.00. The van der Waals surface area contributed by atoms with Gasteiger partial charge < -0.3 is 15.4 Å². The van der Waals surface area contributed by atoms with E-state index in [9.17, 15) is 0 Å². The van der Waals surface area contributed by atoms with Crippen LogP contribution in [0.3, 0.4) is 0 Å². The third-order valence-corrected chi connectivity index (χ3v) is 3.47. The molecule has 0 spiro atoms. The molecule has 1 aliphatic rings. The van der Waals surface area contributed by atoms with Gasteiger partial charge in [0.25, 0.3) is 0 Å². The number of likely N-dealkylation sites (tertiary alicyclic amines) is 1. The largest absolute Gasteiger partial charge is 0.476 e. The van der Waals surface area contributed by atoms with Crippen molar-refractivity contribution in [2.24, 2.45) is 10.7 Å². The van der Waals surface area contributed by atoms with Crippen molar-refractivity contribution in [3.8, 4) is 5.88 Å². The van der Waals surface area contributed by atoms with E-state index in [1.165, 1.54) is 25.7 Å². The third kappa shape index (κ3) is 6.69. The number of aromatic nitrogens is 1. The summed E-state index contributed by atoms with van der Waals surface area (Å²) < 4.78 is 5.47. The van der Waals surface area contributed by atoms with Crippen LogP contribution in [0, 0.1) is 0 Å². The highest BCUT2D eigenvalue weighted by Crippen LogP contribution is 2.11. The molecule has 2 rings (SSSR count). The minimum absolute atomic E-state index is 0. The Balaban J connectivity index is 0.00000220. The molecule has 0 aromatic carbocycles. The normalized spacial score (nSPS) is 16.0. The Bertz CT molecular complexity index is 433. The smallest absolute Gasteiger partial charge is 0.213 e. The van der Waals surface area contributed by atoms with Crippen LogP contribution in [0.2, 0.25) is 5.02 Å². The zero-order valence-corrected chi connectivity index (χ0v) is 15.1. The molecule has 0 bridgehead atoms. The molecule has 7 heteroatoms. The third-order valence-electron chi connectivity index (χ3n) is 3.25. The first-order valence-electron chi connectivity index (χ1n) is 7.05. The summed E-state index contributed by atoms with van der Waals surface area (Å²) >= 11 is 5.75. The second kappa shape index (κ2) is 10.0. The number of nitrogens with zero attached hydrogens (tertiary/aromatic N) is 3. The number of hydrogen-bond acceptors (Lipinski definition) is 3. The number of halogens is 2. The highest BCUT2D eigenvalue weighted by molar-refractivity contribution is 14.0. The molecule has 118 valence electrons. The fourth-order valence-corrected chi connectivity index (χ4v) is 2.27. The van der Waals surface area contributed by atoms with E-state index in [2.05, 4.69) is 14.9 Å². The fourth-order valence-electron chi connectivity index (χ4n) is 2.16. The average Bonchev–Trinajstić information content (AvgIpc) is 2.74. The molecular weight excluding hydrogens is 403 g/mol. The number of nitrogens with two attached hydrogens (primary N) is 1. The molecular formula is C14H22ClIN4O. The summed E-state index contributed by atoms with van der Waals surface area (Å²) in [6.45, 7) is 3.01. The van der Waals surface area contributed by atoms with Crippen LogP contribution in [0.1, 0.15) is 25.7 Å². The van der Waals surface area contributed by atoms with Crippen molar-refractivity contribution >= 4 is 41.5 Å². The summed E-state index contributed by atoms with van der Waals surface area (Å²) in [6.07, 6.45) is 6.53. The molecule has 0 unspecified atom stereocenters. The van der Waals surface area contributed by atoms with Crippen molar-refractivity contribution in [2.45, 2.75) is 25.7 Å². The van der Waals surface area contributed by atoms with Crippen molar-refractivity contribution in [3.05, 3.63) is 23.4 Å². The van der Waals surface area contributed by atoms with E-state index in [1.807, 2.05) is 0 Å². The van der Waals surface area contributed by atoms with E-state index in [0.717, 1.165) is 13.1 Å². The van der Waals surface area contributed by atoms with Gasteiger partial charge in [0.05, 0.1) is 11.6 Å². The Morgan fingerprint density at radius 1 is 1.29 bits per heavy atom. The van der Waals surface area contributed by atoms with Crippen LogP contribution in [0.25, 0.3) is 0 Å². The Morgan fingerprint density at radius 3 is 2.62 bits per heavy atom. The molecule has 5 nitrogen and oxygen atoms in total. The van der Waals surface area contributed by atoms with Gasteiger partial charge in [-0.2, -0.15) is 0 Å². The van der Waals surface area contributed by atoms with Crippen LogP contribution >= 0.6 is 35.6 Å². The lowest BCUT2D eigenvalue weighted by molar-refractivity contribution is 0.314. The predicted molar refractivity (Wildman–Crippen MR) is 96.7 cm³/mol. The van der Waals surface area contributed by atoms with Crippen molar-refractivity contribution in [2.75, 3.05) is 26.2 Å². The van der Waals surface area contributed by atoms with Crippen molar-refractivity contribution in [1.29, 1.82) is 0 Å². The molecule has 1 aromatic rings. The summed E-state index contributed by atoms with van der Waals surface area (Å²) in [7, 11) is 0. The van der Waals surface area contributed by atoms with Gasteiger partial charge in [-0.3, -0.25) is 0 Å². The highest BCUT2D eigenvalue weighted by Gasteiger charge is 2.10.